The zero-order valence-corrected chi connectivity index (χ0v) is 19.4. The quantitative estimate of drug-likeness (QED) is 0.414. The van der Waals surface area contributed by atoms with Crippen molar-refractivity contribution in [3.63, 3.8) is 0 Å². The van der Waals surface area contributed by atoms with E-state index >= 15 is 0 Å². The van der Waals surface area contributed by atoms with Crippen molar-refractivity contribution in [3.8, 4) is 11.5 Å². The van der Waals surface area contributed by atoms with Gasteiger partial charge in [0.2, 0.25) is 0 Å². The van der Waals surface area contributed by atoms with Crippen LogP contribution in [0, 0.1) is 6.92 Å². The van der Waals surface area contributed by atoms with Crippen molar-refractivity contribution in [3.05, 3.63) is 70.7 Å². The van der Waals surface area contributed by atoms with Crippen molar-refractivity contribution in [2.75, 3.05) is 25.1 Å². The summed E-state index contributed by atoms with van der Waals surface area (Å²) in [4.78, 5) is 26.3. The van der Waals surface area contributed by atoms with Crippen LogP contribution in [-0.2, 0) is 16.1 Å². The van der Waals surface area contributed by atoms with Crippen LogP contribution in [0.25, 0.3) is 10.2 Å². The minimum absolute atomic E-state index is 0.392. The van der Waals surface area contributed by atoms with Crippen LogP contribution in [0.4, 0.5) is 5.69 Å². The molecule has 1 N–H and O–H groups in total. The lowest BCUT2D eigenvalue weighted by molar-refractivity contribution is -0.119. The molecule has 3 heterocycles. The third-order valence-corrected chi connectivity index (χ3v) is 6.48. The van der Waals surface area contributed by atoms with Crippen LogP contribution in [-0.4, -0.2) is 41.5 Å². The van der Waals surface area contributed by atoms with E-state index in [0.717, 1.165) is 27.9 Å². The van der Waals surface area contributed by atoms with Crippen molar-refractivity contribution in [2.45, 2.75) is 19.9 Å². The first-order valence-electron chi connectivity index (χ1n) is 10.9. The number of nitrogens with zero attached hydrogens (tertiary/aromatic N) is 2. The fraction of sp³-hybridized carbons (Fsp3) is 0.240. The number of fused-ring (bicyclic) bond motifs is 2. The SMILES string of the molecule is Cc1nn(Cc2ccccc2)c2sc(C(=O)OCC(=O)Nc3ccc4c(c3)OCCCO4)cc12. The third-order valence-electron chi connectivity index (χ3n) is 5.35. The molecule has 1 aliphatic heterocycles. The number of aryl methyl sites for hydroxylation is 1. The van der Waals surface area contributed by atoms with E-state index in [4.69, 9.17) is 14.2 Å². The Morgan fingerprint density at radius 1 is 1.09 bits per heavy atom. The van der Waals surface area contributed by atoms with Gasteiger partial charge in [-0.3, -0.25) is 9.48 Å². The number of hydrogen-bond acceptors (Lipinski definition) is 7. The maximum Gasteiger partial charge on any atom is 0.348 e. The number of aromatic nitrogens is 2. The number of benzene rings is 2. The number of hydrogen-bond donors (Lipinski definition) is 1. The fourth-order valence-corrected chi connectivity index (χ4v) is 4.77. The predicted molar refractivity (Wildman–Crippen MR) is 129 cm³/mol. The van der Waals surface area contributed by atoms with Crippen LogP contribution in [0.5, 0.6) is 11.5 Å². The molecule has 4 aromatic rings. The number of nitrogens with one attached hydrogen (secondary N) is 1. The smallest absolute Gasteiger partial charge is 0.348 e. The van der Waals surface area contributed by atoms with Gasteiger partial charge in [-0.15, -0.1) is 11.3 Å². The molecule has 1 aliphatic rings. The second kappa shape index (κ2) is 9.56. The van der Waals surface area contributed by atoms with E-state index in [-0.39, 0.29) is 0 Å². The van der Waals surface area contributed by atoms with Gasteiger partial charge in [-0.25, -0.2) is 4.79 Å². The average molecular weight is 478 g/mol. The van der Waals surface area contributed by atoms with E-state index in [1.54, 1.807) is 24.3 Å². The molecule has 0 atom stereocenters. The zero-order valence-electron chi connectivity index (χ0n) is 18.6. The summed E-state index contributed by atoms with van der Waals surface area (Å²) < 4.78 is 18.4. The van der Waals surface area contributed by atoms with E-state index < -0.39 is 18.5 Å². The van der Waals surface area contributed by atoms with Crippen LogP contribution < -0.4 is 14.8 Å². The van der Waals surface area contributed by atoms with Gasteiger partial charge in [-0.1, -0.05) is 30.3 Å². The molecule has 0 aliphatic carbocycles. The Morgan fingerprint density at radius 2 is 1.88 bits per heavy atom. The molecule has 174 valence electrons. The summed E-state index contributed by atoms with van der Waals surface area (Å²) >= 11 is 1.31. The summed E-state index contributed by atoms with van der Waals surface area (Å²) in [5, 5.41) is 8.23. The Hall–Kier alpha value is -3.85. The summed E-state index contributed by atoms with van der Waals surface area (Å²) in [6.45, 7) is 3.28. The molecule has 0 fully saturated rings. The number of rotatable bonds is 6. The first kappa shape index (κ1) is 22.0. The molecule has 0 saturated carbocycles. The van der Waals surface area contributed by atoms with Crippen LogP contribution in [0.2, 0.25) is 0 Å². The minimum Gasteiger partial charge on any atom is -0.490 e. The average Bonchev–Trinajstić information content (AvgIpc) is 3.31. The summed E-state index contributed by atoms with van der Waals surface area (Å²) in [5.74, 6) is 0.251. The molecule has 0 unspecified atom stereocenters. The van der Waals surface area contributed by atoms with E-state index in [2.05, 4.69) is 10.4 Å². The number of ether oxygens (including phenoxy) is 3. The van der Waals surface area contributed by atoms with Crippen molar-refractivity contribution < 1.29 is 23.8 Å². The van der Waals surface area contributed by atoms with Crippen molar-refractivity contribution in [2.24, 2.45) is 0 Å². The Morgan fingerprint density at radius 3 is 2.71 bits per heavy atom. The maximum atomic E-state index is 12.6. The molecular formula is C25H23N3O5S. The highest BCUT2D eigenvalue weighted by Crippen LogP contribution is 2.32. The maximum absolute atomic E-state index is 12.6. The van der Waals surface area contributed by atoms with Gasteiger partial charge in [0.15, 0.2) is 18.1 Å². The van der Waals surface area contributed by atoms with Crippen molar-refractivity contribution in [1.29, 1.82) is 0 Å². The van der Waals surface area contributed by atoms with E-state index in [0.29, 0.717) is 41.8 Å². The zero-order chi connectivity index (χ0) is 23.5. The highest BCUT2D eigenvalue weighted by Gasteiger charge is 2.19. The molecule has 0 bridgehead atoms. The molecule has 0 radical (unpaired) electrons. The topological polar surface area (TPSA) is 91.7 Å². The standard InChI is InChI=1S/C25H23N3O5S/c1-16-19-13-22(34-24(19)28(27-16)14-17-6-3-2-4-7-17)25(30)33-15-23(29)26-18-8-9-20-21(12-18)32-11-5-10-31-20/h2-4,6-9,12-13H,5,10-11,14-15H2,1H3,(H,26,29). The van der Waals surface area contributed by atoms with E-state index in [1.807, 2.05) is 41.9 Å². The summed E-state index contributed by atoms with van der Waals surface area (Å²) in [6, 6.07) is 17.0. The van der Waals surface area contributed by atoms with Gasteiger partial charge in [0.1, 0.15) is 9.71 Å². The number of carbonyl (C=O) groups excluding carboxylic acids is 2. The number of esters is 1. The summed E-state index contributed by atoms with van der Waals surface area (Å²) in [7, 11) is 0. The van der Waals surface area contributed by atoms with E-state index in [1.165, 1.54) is 11.3 Å². The molecule has 2 aromatic carbocycles. The highest BCUT2D eigenvalue weighted by atomic mass is 32.1. The lowest BCUT2D eigenvalue weighted by Crippen LogP contribution is -2.20. The number of amides is 1. The van der Waals surface area contributed by atoms with Crippen molar-refractivity contribution >= 4 is 39.1 Å². The lowest BCUT2D eigenvalue weighted by atomic mass is 10.2. The normalized spacial score (nSPS) is 12.9. The monoisotopic (exact) mass is 477 g/mol. The molecule has 5 rings (SSSR count). The Balaban J connectivity index is 1.22. The lowest BCUT2D eigenvalue weighted by Gasteiger charge is -2.10. The third kappa shape index (κ3) is 4.74. The van der Waals surface area contributed by atoms with Crippen LogP contribution in [0.15, 0.2) is 54.6 Å². The number of anilines is 1. The molecule has 8 nitrogen and oxygen atoms in total. The highest BCUT2D eigenvalue weighted by molar-refractivity contribution is 7.20. The van der Waals surface area contributed by atoms with Gasteiger partial charge < -0.3 is 19.5 Å². The molecule has 34 heavy (non-hydrogen) atoms. The van der Waals surface area contributed by atoms with Crippen LogP contribution in [0.1, 0.15) is 27.3 Å². The molecule has 1 amide bonds. The first-order chi connectivity index (χ1) is 16.6. The molecule has 2 aromatic heterocycles. The second-order valence-electron chi connectivity index (χ2n) is 7.89. The fourth-order valence-electron chi connectivity index (χ4n) is 3.72. The minimum atomic E-state index is -0.541. The molecule has 9 heteroatoms. The van der Waals surface area contributed by atoms with Gasteiger partial charge in [0, 0.05) is 23.6 Å². The Bertz CT molecular complexity index is 1350. The summed E-state index contributed by atoms with van der Waals surface area (Å²) in [6.07, 6.45) is 0.799. The van der Waals surface area contributed by atoms with Gasteiger partial charge in [0.25, 0.3) is 5.91 Å². The Kier molecular flexibility index (Phi) is 6.18. The van der Waals surface area contributed by atoms with Gasteiger partial charge in [-0.05, 0) is 30.7 Å². The van der Waals surface area contributed by atoms with Gasteiger partial charge in [-0.2, -0.15) is 5.10 Å². The molecular weight excluding hydrogens is 454 g/mol. The first-order valence-corrected chi connectivity index (χ1v) is 11.8. The number of thiophene rings is 1. The summed E-state index contributed by atoms with van der Waals surface area (Å²) in [5.41, 5.74) is 2.51. The second-order valence-corrected chi connectivity index (χ2v) is 8.93. The Labute approximate surface area is 200 Å². The number of carbonyl (C=O) groups is 2. The van der Waals surface area contributed by atoms with Crippen molar-refractivity contribution in [1.82, 2.24) is 9.78 Å². The molecule has 0 spiro atoms. The van der Waals surface area contributed by atoms with Crippen LogP contribution >= 0.6 is 11.3 Å². The van der Waals surface area contributed by atoms with E-state index in [9.17, 15) is 9.59 Å². The molecule has 0 saturated heterocycles. The van der Waals surface area contributed by atoms with Crippen LogP contribution in [0.3, 0.4) is 0 Å². The predicted octanol–water partition coefficient (Wildman–Crippen LogP) is 4.41. The largest absolute Gasteiger partial charge is 0.490 e. The van der Waals surface area contributed by atoms with Gasteiger partial charge in [0.05, 0.1) is 25.5 Å². The van der Waals surface area contributed by atoms with Gasteiger partial charge >= 0.3 is 5.97 Å².